The molecule has 94 valence electrons. The summed E-state index contributed by atoms with van der Waals surface area (Å²) in [6.07, 6.45) is 1.08. The second-order valence-corrected chi connectivity index (χ2v) is 4.59. The maximum atomic E-state index is 13.0. The molecule has 0 atom stereocenters. The first-order chi connectivity index (χ1) is 8.40. The molecule has 18 heavy (non-hydrogen) atoms. The lowest BCUT2D eigenvalue weighted by atomic mass is 10.3. The number of hydrogen-bond donors (Lipinski definition) is 2. The van der Waals surface area contributed by atoms with E-state index in [-0.39, 0.29) is 15.2 Å². The quantitative estimate of drug-likeness (QED) is 0.885. The van der Waals surface area contributed by atoms with E-state index in [1.165, 1.54) is 0 Å². The van der Waals surface area contributed by atoms with Gasteiger partial charge in [0.1, 0.15) is 5.82 Å². The summed E-state index contributed by atoms with van der Waals surface area (Å²) < 4.78 is 14.4. The first-order valence-electron chi connectivity index (χ1n) is 4.57. The van der Waals surface area contributed by atoms with E-state index in [4.69, 9.17) is 16.7 Å². The van der Waals surface area contributed by atoms with Crippen LogP contribution in [0, 0.1) is 5.82 Å². The fourth-order valence-corrected chi connectivity index (χ4v) is 2.41. The summed E-state index contributed by atoms with van der Waals surface area (Å²) in [5.41, 5.74) is -0.275. The molecule has 0 radical (unpaired) electrons. The van der Waals surface area contributed by atoms with Crippen molar-refractivity contribution in [3.8, 4) is 11.4 Å². The van der Waals surface area contributed by atoms with Crippen molar-refractivity contribution in [2.45, 2.75) is 0 Å². The van der Waals surface area contributed by atoms with Crippen LogP contribution in [0.2, 0.25) is 5.02 Å². The predicted octanol–water partition coefficient (Wildman–Crippen LogP) is 2.83. The van der Waals surface area contributed by atoms with Crippen molar-refractivity contribution in [1.29, 1.82) is 0 Å². The van der Waals surface area contributed by atoms with E-state index in [9.17, 15) is 14.3 Å². The van der Waals surface area contributed by atoms with Crippen molar-refractivity contribution < 1.29 is 19.4 Å². The molecular weight excluding hydrogens is 330 g/mol. The molecule has 0 amide bonds. The normalized spacial score (nSPS) is 10.6. The first-order valence-corrected chi connectivity index (χ1v) is 5.74. The average molecular weight is 336 g/mol. The number of rotatable bonds is 2. The minimum atomic E-state index is -1.37. The predicted molar refractivity (Wildman–Crippen MR) is 64.9 cm³/mol. The van der Waals surface area contributed by atoms with E-state index in [1.807, 2.05) is 0 Å². The van der Waals surface area contributed by atoms with Gasteiger partial charge in [-0.3, -0.25) is 0 Å². The lowest BCUT2D eigenvalue weighted by Crippen LogP contribution is -2.02. The maximum absolute atomic E-state index is 13.0. The molecule has 0 fully saturated rings. The van der Waals surface area contributed by atoms with E-state index in [2.05, 4.69) is 21.0 Å². The smallest absolute Gasteiger partial charge is 0.360 e. The van der Waals surface area contributed by atoms with Gasteiger partial charge in [-0.1, -0.05) is 11.6 Å². The third-order valence-corrected chi connectivity index (χ3v) is 3.00. The monoisotopic (exact) mass is 334 g/mol. The summed E-state index contributed by atoms with van der Waals surface area (Å²) in [6.45, 7) is 0. The Bertz CT molecular complexity index is 621. The molecule has 1 heterocycles. The van der Waals surface area contributed by atoms with Gasteiger partial charge in [0.2, 0.25) is 5.69 Å². The van der Waals surface area contributed by atoms with Gasteiger partial charge in [-0.05, 0) is 28.1 Å². The van der Waals surface area contributed by atoms with Crippen LogP contribution in [0.4, 0.5) is 4.39 Å². The zero-order valence-corrected chi connectivity index (χ0v) is 10.9. The van der Waals surface area contributed by atoms with Gasteiger partial charge in [-0.2, -0.15) is 5.10 Å². The number of aromatic nitrogens is 2. The Morgan fingerprint density at radius 3 is 2.67 bits per heavy atom. The van der Waals surface area contributed by atoms with Crippen LogP contribution in [-0.4, -0.2) is 26.0 Å². The van der Waals surface area contributed by atoms with Crippen LogP contribution in [0.25, 0.3) is 5.69 Å². The average Bonchev–Trinajstić information content (AvgIpc) is 2.58. The second-order valence-electron chi connectivity index (χ2n) is 3.33. The number of halogens is 3. The number of nitrogens with zero attached hydrogens (tertiary/aromatic N) is 2. The summed E-state index contributed by atoms with van der Waals surface area (Å²) in [5, 5.41) is 21.9. The first kappa shape index (κ1) is 12.8. The molecule has 1 aromatic carbocycles. The highest BCUT2D eigenvalue weighted by Gasteiger charge is 2.18. The van der Waals surface area contributed by atoms with Crippen LogP contribution in [0.3, 0.4) is 0 Å². The van der Waals surface area contributed by atoms with Crippen molar-refractivity contribution in [1.82, 2.24) is 9.78 Å². The Balaban J connectivity index is 2.63. The van der Waals surface area contributed by atoms with Crippen LogP contribution < -0.4 is 0 Å². The van der Waals surface area contributed by atoms with E-state index >= 15 is 0 Å². The lowest BCUT2D eigenvalue weighted by Gasteiger charge is -2.06. The molecule has 5 nitrogen and oxygen atoms in total. The Morgan fingerprint density at radius 2 is 2.17 bits per heavy atom. The summed E-state index contributed by atoms with van der Waals surface area (Å²) in [7, 11) is 0. The molecule has 1 aromatic heterocycles. The van der Waals surface area contributed by atoms with Crippen LogP contribution in [0.15, 0.2) is 22.8 Å². The molecule has 0 spiro atoms. The Kier molecular flexibility index (Phi) is 3.27. The molecule has 0 aliphatic rings. The highest BCUT2D eigenvalue weighted by Crippen LogP contribution is 2.31. The molecule has 2 rings (SSSR count). The number of carboxylic acid groups (broad SMARTS) is 1. The standard InChI is InChI=1S/C10H5BrClFN2O3/c11-5-1-4(13)2-6(12)9(5)15-3-7(16)8(14-15)10(17)18/h1-3,16H,(H,17,18). The van der Waals surface area contributed by atoms with E-state index in [1.54, 1.807) is 0 Å². The third-order valence-electron chi connectivity index (χ3n) is 2.11. The molecule has 0 aliphatic heterocycles. The molecule has 0 bridgehead atoms. The molecular formula is C10H5BrClFN2O3. The fraction of sp³-hybridized carbons (Fsp3) is 0. The molecule has 0 saturated carbocycles. The van der Waals surface area contributed by atoms with Gasteiger partial charge in [0.05, 0.1) is 16.9 Å². The van der Waals surface area contributed by atoms with Gasteiger partial charge in [-0.25, -0.2) is 13.9 Å². The van der Waals surface area contributed by atoms with Crippen molar-refractivity contribution in [2.75, 3.05) is 0 Å². The number of carbonyl (C=O) groups is 1. The SMILES string of the molecule is O=C(O)c1nn(-c2c(Cl)cc(F)cc2Br)cc1O. The Hall–Kier alpha value is -1.60. The van der Waals surface area contributed by atoms with Crippen LogP contribution in [0.1, 0.15) is 10.5 Å². The number of aromatic hydroxyl groups is 1. The number of benzene rings is 1. The molecule has 0 unspecified atom stereocenters. The molecule has 0 aliphatic carbocycles. The molecule has 2 N–H and O–H groups in total. The van der Waals surface area contributed by atoms with Crippen molar-refractivity contribution in [3.05, 3.63) is 39.3 Å². The van der Waals surface area contributed by atoms with Gasteiger partial charge < -0.3 is 10.2 Å². The van der Waals surface area contributed by atoms with E-state index in [0.717, 1.165) is 23.0 Å². The lowest BCUT2D eigenvalue weighted by molar-refractivity contribution is 0.0687. The van der Waals surface area contributed by atoms with Gasteiger partial charge >= 0.3 is 5.97 Å². The van der Waals surface area contributed by atoms with Gasteiger partial charge in [0, 0.05) is 4.47 Å². The Labute approximate surface area is 114 Å². The highest BCUT2D eigenvalue weighted by molar-refractivity contribution is 9.10. The van der Waals surface area contributed by atoms with Crippen molar-refractivity contribution in [2.24, 2.45) is 0 Å². The maximum Gasteiger partial charge on any atom is 0.360 e. The summed E-state index contributed by atoms with van der Waals surface area (Å²) in [5.74, 6) is -2.43. The fourth-order valence-electron chi connectivity index (χ4n) is 1.39. The number of hydrogen-bond acceptors (Lipinski definition) is 3. The van der Waals surface area contributed by atoms with Crippen molar-refractivity contribution >= 4 is 33.5 Å². The Morgan fingerprint density at radius 1 is 1.50 bits per heavy atom. The number of aromatic carboxylic acids is 1. The minimum absolute atomic E-state index is 0.0290. The number of carboxylic acids is 1. The summed E-state index contributed by atoms with van der Waals surface area (Å²) >= 11 is 8.94. The highest BCUT2D eigenvalue weighted by atomic mass is 79.9. The molecule has 2 aromatic rings. The zero-order valence-electron chi connectivity index (χ0n) is 8.56. The van der Waals surface area contributed by atoms with Gasteiger partial charge in [0.25, 0.3) is 0 Å². The second kappa shape index (κ2) is 4.58. The summed E-state index contributed by atoms with van der Waals surface area (Å²) in [6, 6.07) is 2.21. The molecule has 8 heteroatoms. The largest absolute Gasteiger partial charge is 0.504 e. The summed E-state index contributed by atoms with van der Waals surface area (Å²) in [4.78, 5) is 10.7. The van der Waals surface area contributed by atoms with Crippen molar-refractivity contribution in [3.63, 3.8) is 0 Å². The van der Waals surface area contributed by atoms with E-state index in [0.29, 0.717) is 0 Å². The van der Waals surface area contributed by atoms with Crippen LogP contribution >= 0.6 is 27.5 Å². The third kappa shape index (κ3) is 2.19. The van der Waals surface area contributed by atoms with E-state index < -0.39 is 23.2 Å². The minimum Gasteiger partial charge on any atom is -0.504 e. The zero-order chi connectivity index (χ0) is 13.4. The topological polar surface area (TPSA) is 75.3 Å². The van der Waals surface area contributed by atoms with Crippen LogP contribution in [0.5, 0.6) is 5.75 Å². The van der Waals surface area contributed by atoms with Gasteiger partial charge in [0.15, 0.2) is 5.75 Å². The molecule has 0 saturated heterocycles. The van der Waals surface area contributed by atoms with Crippen LogP contribution in [-0.2, 0) is 0 Å². The van der Waals surface area contributed by atoms with Gasteiger partial charge in [-0.15, -0.1) is 0 Å².